The summed E-state index contributed by atoms with van der Waals surface area (Å²) in [5.74, 6) is -0.405. The number of halogens is 1. The number of phenolic OH excluding ortho intramolecular Hbond substituents is 1. The van der Waals surface area contributed by atoms with Crippen LogP contribution in [0.2, 0.25) is 5.02 Å². The Labute approximate surface area is 114 Å². The number of carbonyl (C=O) groups is 1. The lowest BCUT2D eigenvalue weighted by Gasteiger charge is -2.07. The first-order valence-corrected chi connectivity index (χ1v) is 5.78. The summed E-state index contributed by atoms with van der Waals surface area (Å²) in [4.78, 5) is 12.0. The van der Waals surface area contributed by atoms with Gasteiger partial charge in [-0.3, -0.25) is 4.79 Å². The molecule has 0 unspecified atom stereocenters. The van der Waals surface area contributed by atoms with Crippen molar-refractivity contribution in [1.82, 2.24) is 0 Å². The number of nitrogens with one attached hydrogen (secondary N) is 1. The first-order chi connectivity index (χ1) is 9.10. The molecule has 2 N–H and O–H groups in total. The number of carbonyl (C=O) groups excluding carboxylic acids is 1. The van der Waals surface area contributed by atoms with Crippen LogP contribution in [0.3, 0.4) is 0 Å². The van der Waals surface area contributed by atoms with E-state index in [0.717, 1.165) is 0 Å². The second-order valence-corrected chi connectivity index (χ2v) is 4.22. The van der Waals surface area contributed by atoms with E-state index in [9.17, 15) is 9.90 Å². The number of hydrogen-bond donors (Lipinski definition) is 2. The van der Waals surface area contributed by atoms with Gasteiger partial charge in [-0.25, -0.2) is 0 Å². The van der Waals surface area contributed by atoms with Crippen LogP contribution in [0.4, 0.5) is 5.69 Å². The molecule has 2 aromatic carbocycles. The zero-order chi connectivity index (χ0) is 13.8. The van der Waals surface area contributed by atoms with E-state index in [2.05, 4.69) is 5.32 Å². The van der Waals surface area contributed by atoms with Crippen molar-refractivity contribution in [2.24, 2.45) is 0 Å². The summed E-state index contributed by atoms with van der Waals surface area (Å²) in [6.45, 7) is 0. The van der Waals surface area contributed by atoms with E-state index in [0.29, 0.717) is 21.8 Å². The average Bonchev–Trinajstić information content (AvgIpc) is 2.41. The largest absolute Gasteiger partial charge is 0.508 e. The van der Waals surface area contributed by atoms with Gasteiger partial charge in [0, 0.05) is 5.56 Å². The number of rotatable bonds is 2. The number of nitrogens with zero attached hydrogens (tertiary/aromatic N) is 1. The van der Waals surface area contributed by atoms with E-state index in [4.69, 9.17) is 16.9 Å². The van der Waals surface area contributed by atoms with Crippen LogP contribution >= 0.6 is 11.6 Å². The predicted molar refractivity (Wildman–Crippen MR) is 72.2 cm³/mol. The van der Waals surface area contributed by atoms with Crippen LogP contribution in [0.5, 0.6) is 5.75 Å². The van der Waals surface area contributed by atoms with Gasteiger partial charge in [-0.05, 0) is 36.4 Å². The first kappa shape index (κ1) is 12.9. The van der Waals surface area contributed by atoms with E-state index >= 15 is 0 Å². The van der Waals surface area contributed by atoms with Crippen LogP contribution < -0.4 is 5.32 Å². The van der Waals surface area contributed by atoms with Crippen LogP contribution in [0.1, 0.15) is 15.9 Å². The molecular formula is C14H9ClN2O2. The molecule has 19 heavy (non-hydrogen) atoms. The lowest BCUT2D eigenvalue weighted by molar-refractivity contribution is 0.102. The SMILES string of the molecule is N#Cc1ccc(Cl)c(NC(=O)c2cccc(O)c2)c1. The predicted octanol–water partition coefficient (Wildman–Crippen LogP) is 3.17. The van der Waals surface area contributed by atoms with Gasteiger partial charge in [0.05, 0.1) is 22.3 Å². The molecule has 2 rings (SSSR count). The van der Waals surface area contributed by atoms with Crippen molar-refractivity contribution >= 4 is 23.2 Å². The molecule has 0 spiro atoms. The van der Waals surface area contributed by atoms with Crippen LogP contribution in [-0.4, -0.2) is 11.0 Å². The highest BCUT2D eigenvalue weighted by molar-refractivity contribution is 6.34. The Morgan fingerprint density at radius 2 is 2.05 bits per heavy atom. The molecule has 1 amide bonds. The Morgan fingerprint density at radius 1 is 1.26 bits per heavy atom. The Morgan fingerprint density at radius 3 is 2.74 bits per heavy atom. The van der Waals surface area contributed by atoms with Gasteiger partial charge in [-0.15, -0.1) is 0 Å². The smallest absolute Gasteiger partial charge is 0.255 e. The molecule has 0 radical (unpaired) electrons. The standard InChI is InChI=1S/C14H9ClN2O2/c15-12-5-4-9(8-16)6-13(12)17-14(19)10-2-1-3-11(18)7-10/h1-7,18H,(H,17,19). The molecule has 0 aliphatic heterocycles. The third-order valence-electron chi connectivity index (χ3n) is 2.45. The zero-order valence-electron chi connectivity index (χ0n) is 9.72. The van der Waals surface area contributed by atoms with Gasteiger partial charge in [-0.2, -0.15) is 5.26 Å². The molecule has 5 heteroatoms. The van der Waals surface area contributed by atoms with Crippen molar-refractivity contribution in [3.05, 3.63) is 58.6 Å². The molecule has 0 saturated carbocycles. The van der Waals surface area contributed by atoms with Gasteiger partial charge in [0.15, 0.2) is 0 Å². The topological polar surface area (TPSA) is 73.1 Å². The second-order valence-electron chi connectivity index (χ2n) is 3.81. The van der Waals surface area contributed by atoms with Gasteiger partial charge < -0.3 is 10.4 Å². The zero-order valence-corrected chi connectivity index (χ0v) is 10.5. The van der Waals surface area contributed by atoms with Crippen molar-refractivity contribution in [2.75, 3.05) is 5.32 Å². The lowest BCUT2D eigenvalue weighted by Crippen LogP contribution is -2.12. The van der Waals surface area contributed by atoms with Crippen molar-refractivity contribution < 1.29 is 9.90 Å². The summed E-state index contributed by atoms with van der Waals surface area (Å²) in [5.41, 5.74) is 1.06. The maximum Gasteiger partial charge on any atom is 0.255 e. The highest BCUT2D eigenvalue weighted by Crippen LogP contribution is 2.23. The molecule has 0 aliphatic rings. The van der Waals surface area contributed by atoms with E-state index in [-0.39, 0.29) is 5.75 Å². The van der Waals surface area contributed by atoms with Gasteiger partial charge in [0.25, 0.3) is 5.91 Å². The molecular weight excluding hydrogens is 264 g/mol. The normalized spacial score (nSPS) is 9.68. The minimum atomic E-state index is -0.409. The van der Waals surface area contributed by atoms with Crippen LogP contribution in [0.15, 0.2) is 42.5 Å². The fraction of sp³-hybridized carbons (Fsp3) is 0. The lowest BCUT2D eigenvalue weighted by atomic mass is 10.1. The van der Waals surface area contributed by atoms with E-state index < -0.39 is 5.91 Å². The molecule has 94 valence electrons. The maximum atomic E-state index is 12.0. The van der Waals surface area contributed by atoms with Crippen molar-refractivity contribution in [1.29, 1.82) is 5.26 Å². The number of nitriles is 1. The molecule has 4 nitrogen and oxygen atoms in total. The molecule has 0 fully saturated rings. The number of anilines is 1. The number of phenols is 1. The van der Waals surface area contributed by atoms with Crippen LogP contribution in [0.25, 0.3) is 0 Å². The summed E-state index contributed by atoms with van der Waals surface area (Å²) in [6, 6.07) is 12.5. The average molecular weight is 273 g/mol. The first-order valence-electron chi connectivity index (χ1n) is 5.40. The quantitative estimate of drug-likeness (QED) is 0.882. The minimum absolute atomic E-state index is 0.00419. The van der Waals surface area contributed by atoms with Crippen molar-refractivity contribution in [3.63, 3.8) is 0 Å². The van der Waals surface area contributed by atoms with Gasteiger partial charge in [0.2, 0.25) is 0 Å². The highest BCUT2D eigenvalue weighted by atomic mass is 35.5. The molecule has 0 aromatic heterocycles. The van der Waals surface area contributed by atoms with Gasteiger partial charge >= 0.3 is 0 Å². The molecule has 0 bridgehead atoms. The third-order valence-corrected chi connectivity index (χ3v) is 2.78. The molecule has 0 heterocycles. The fourth-order valence-corrected chi connectivity index (χ4v) is 1.70. The Hall–Kier alpha value is -2.51. The summed E-state index contributed by atoms with van der Waals surface area (Å²) in [5, 5.41) is 21.1. The number of aromatic hydroxyl groups is 1. The van der Waals surface area contributed by atoms with Crippen molar-refractivity contribution in [3.8, 4) is 11.8 Å². The molecule has 2 aromatic rings. The molecule has 0 aliphatic carbocycles. The monoisotopic (exact) mass is 272 g/mol. The summed E-state index contributed by atoms with van der Waals surface area (Å²) in [7, 11) is 0. The third kappa shape index (κ3) is 3.03. The number of benzene rings is 2. The van der Waals surface area contributed by atoms with E-state index in [1.165, 1.54) is 24.3 Å². The van der Waals surface area contributed by atoms with Gasteiger partial charge in [-0.1, -0.05) is 17.7 Å². The second kappa shape index (κ2) is 5.42. The van der Waals surface area contributed by atoms with E-state index in [1.54, 1.807) is 18.2 Å². The minimum Gasteiger partial charge on any atom is -0.508 e. The van der Waals surface area contributed by atoms with Crippen LogP contribution in [0, 0.1) is 11.3 Å². The van der Waals surface area contributed by atoms with Crippen molar-refractivity contribution in [2.45, 2.75) is 0 Å². The Balaban J connectivity index is 2.27. The summed E-state index contributed by atoms with van der Waals surface area (Å²) < 4.78 is 0. The highest BCUT2D eigenvalue weighted by Gasteiger charge is 2.09. The summed E-state index contributed by atoms with van der Waals surface area (Å²) in [6.07, 6.45) is 0. The summed E-state index contributed by atoms with van der Waals surface area (Å²) >= 11 is 5.94. The van der Waals surface area contributed by atoms with E-state index in [1.807, 2.05) is 6.07 Å². The molecule has 0 saturated heterocycles. The van der Waals surface area contributed by atoms with Gasteiger partial charge in [0.1, 0.15) is 5.75 Å². The molecule has 0 atom stereocenters. The Kier molecular flexibility index (Phi) is 3.69. The Bertz CT molecular complexity index is 677. The number of hydrogen-bond acceptors (Lipinski definition) is 3. The maximum absolute atomic E-state index is 12.0. The van der Waals surface area contributed by atoms with Crippen LogP contribution in [-0.2, 0) is 0 Å². The fourth-order valence-electron chi connectivity index (χ4n) is 1.53. The number of amides is 1.